The van der Waals surface area contributed by atoms with E-state index in [1.165, 1.54) is 0 Å². The van der Waals surface area contributed by atoms with Gasteiger partial charge in [-0.1, -0.05) is 64.1 Å². The zero-order valence-corrected chi connectivity index (χ0v) is 14.2. The van der Waals surface area contributed by atoms with E-state index in [0.29, 0.717) is 23.3 Å². The highest BCUT2D eigenvalue weighted by atomic mass is 16.5. The lowest BCUT2D eigenvalue weighted by molar-refractivity contribution is -0.149. The van der Waals surface area contributed by atoms with Gasteiger partial charge in [0, 0.05) is 5.56 Å². The Kier molecular flexibility index (Phi) is 5.75. The van der Waals surface area contributed by atoms with Crippen molar-refractivity contribution < 1.29 is 14.3 Å². The predicted molar refractivity (Wildman–Crippen MR) is 92.1 cm³/mol. The molecule has 3 nitrogen and oxygen atoms in total. The van der Waals surface area contributed by atoms with Crippen LogP contribution in [0.5, 0.6) is 0 Å². The maximum atomic E-state index is 12.3. The molecule has 0 radical (unpaired) electrons. The Morgan fingerprint density at radius 2 is 1.87 bits per heavy atom. The average molecular weight is 314 g/mol. The zero-order chi connectivity index (χ0) is 17.0. The van der Waals surface area contributed by atoms with E-state index in [1.807, 2.05) is 0 Å². The number of benzene rings is 1. The van der Waals surface area contributed by atoms with Crippen LogP contribution in [0.25, 0.3) is 6.08 Å². The third-order valence-electron chi connectivity index (χ3n) is 4.81. The number of Topliss-reactive ketones (excluding diaryl/α,β-unsaturated/α-hetero) is 1. The molecule has 0 saturated heterocycles. The van der Waals surface area contributed by atoms with Crippen LogP contribution in [0.15, 0.2) is 30.8 Å². The first-order chi connectivity index (χ1) is 10.9. The molecule has 0 amide bonds. The molecule has 1 aromatic rings. The third kappa shape index (κ3) is 4.31. The summed E-state index contributed by atoms with van der Waals surface area (Å²) in [5.74, 6) is 0.0144. The number of hydrogen-bond acceptors (Lipinski definition) is 3. The Balaban J connectivity index is 2.06. The predicted octanol–water partition coefficient (Wildman–Crippen LogP) is 4.52. The van der Waals surface area contributed by atoms with Gasteiger partial charge < -0.3 is 4.74 Å². The van der Waals surface area contributed by atoms with Gasteiger partial charge in [-0.25, -0.2) is 4.79 Å². The van der Waals surface area contributed by atoms with Gasteiger partial charge in [-0.3, -0.25) is 4.79 Å². The maximum absolute atomic E-state index is 12.3. The van der Waals surface area contributed by atoms with Crippen LogP contribution in [0.4, 0.5) is 0 Å². The van der Waals surface area contributed by atoms with Crippen molar-refractivity contribution in [2.45, 2.75) is 46.1 Å². The van der Waals surface area contributed by atoms with Gasteiger partial charge in [0.15, 0.2) is 0 Å². The number of hydrogen-bond donors (Lipinski definition) is 0. The van der Waals surface area contributed by atoms with Crippen LogP contribution in [0.1, 0.15) is 56.0 Å². The zero-order valence-electron chi connectivity index (χ0n) is 14.2. The Labute approximate surface area is 138 Å². The fourth-order valence-corrected chi connectivity index (χ4v) is 3.33. The fraction of sp³-hybridized carbons (Fsp3) is 0.500. The number of carbonyl (C=O) groups is 2. The summed E-state index contributed by atoms with van der Waals surface area (Å²) >= 11 is 0. The summed E-state index contributed by atoms with van der Waals surface area (Å²) in [6.07, 6.45) is 4.61. The monoisotopic (exact) mass is 314 g/mol. The molecule has 0 aromatic heterocycles. The second-order valence-electron chi connectivity index (χ2n) is 6.93. The van der Waals surface area contributed by atoms with Crippen molar-refractivity contribution in [1.82, 2.24) is 0 Å². The lowest BCUT2D eigenvalue weighted by atomic mass is 9.75. The van der Waals surface area contributed by atoms with E-state index in [9.17, 15) is 9.59 Å². The SMILES string of the molecule is C=Cc1ccc(C(=O)C(=O)O[C@@H]2CC(C)CC[C@H]2C(C)C)cc1. The van der Waals surface area contributed by atoms with Gasteiger partial charge in [-0.15, -0.1) is 0 Å². The van der Waals surface area contributed by atoms with Crippen LogP contribution in [0.2, 0.25) is 0 Å². The minimum Gasteiger partial charge on any atom is -0.456 e. The lowest BCUT2D eigenvalue weighted by Crippen LogP contribution is -2.37. The Morgan fingerprint density at radius 1 is 1.22 bits per heavy atom. The molecule has 3 atom stereocenters. The Hall–Kier alpha value is -1.90. The van der Waals surface area contributed by atoms with Gasteiger partial charge in [0.2, 0.25) is 0 Å². The molecular formula is C20H26O3. The number of esters is 1. The highest BCUT2D eigenvalue weighted by Gasteiger charge is 2.34. The molecule has 1 aliphatic rings. The van der Waals surface area contributed by atoms with Crippen LogP contribution in [0, 0.1) is 17.8 Å². The molecule has 3 heteroatoms. The van der Waals surface area contributed by atoms with Crippen LogP contribution < -0.4 is 0 Å². The molecular weight excluding hydrogens is 288 g/mol. The fourth-order valence-electron chi connectivity index (χ4n) is 3.33. The Bertz CT molecular complexity index is 571. The van der Waals surface area contributed by atoms with Crippen LogP contribution >= 0.6 is 0 Å². The van der Waals surface area contributed by atoms with Crippen molar-refractivity contribution in [3.05, 3.63) is 42.0 Å². The van der Waals surface area contributed by atoms with E-state index in [0.717, 1.165) is 24.8 Å². The summed E-state index contributed by atoms with van der Waals surface area (Å²) in [7, 11) is 0. The van der Waals surface area contributed by atoms with Crippen LogP contribution in [-0.4, -0.2) is 17.9 Å². The summed E-state index contributed by atoms with van der Waals surface area (Å²) < 4.78 is 5.60. The van der Waals surface area contributed by atoms with Crippen molar-refractivity contribution in [2.24, 2.45) is 17.8 Å². The molecule has 1 aromatic carbocycles. The molecule has 1 saturated carbocycles. The standard InChI is InChI=1S/C20H26O3/c1-5-15-7-9-16(10-8-15)19(21)20(22)23-18-12-14(4)6-11-17(18)13(2)3/h5,7-10,13-14,17-18H,1,6,11-12H2,2-4H3/t14?,17-,18+/m0/s1. The number of ketones is 1. The van der Waals surface area contributed by atoms with Crippen LogP contribution in [0.3, 0.4) is 0 Å². The third-order valence-corrected chi connectivity index (χ3v) is 4.81. The molecule has 0 heterocycles. The molecule has 124 valence electrons. The minimum atomic E-state index is -0.735. The summed E-state index contributed by atoms with van der Waals surface area (Å²) in [6.45, 7) is 10.1. The number of rotatable bonds is 5. The first kappa shape index (κ1) is 17.5. The van der Waals surface area contributed by atoms with Crippen molar-refractivity contribution in [2.75, 3.05) is 0 Å². The van der Waals surface area contributed by atoms with Gasteiger partial charge in [0.05, 0.1) is 0 Å². The van der Waals surface area contributed by atoms with Crippen LogP contribution in [-0.2, 0) is 9.53 Å². The van der Waals surface area contributed by atoms with Gasteiger partial charge >= 0.3 is 5.97 Å². The largest absolute Gasteiger partial charge is 0.456 e. The summed E-state index contributed by atoms with van der Waals surface area (Å²) in [5.41, 5.74) is 1.28. The normalized spacial score (nSPS) is 24.3. The summed E-state index contributed by atoms with van der Waals surface area (Å²) in [4.78, 5) is 24.5. The smallest absolute Gasteiger partial charge is 0.379 e. The first-order valence-corrected chi connectivity index (χ1v) is 8.40. The molecule has 1 unspecified atom stereocenters. The van der Waals surface area contributed by atoms with Gasteiger partial charge in [-0.2, -0.15) is 0 Å². The lowest BCUT2D eigenvalue weighted by Gasteiger charge is -2.36. The molecule has 1 aliphatic carbocycles. The van der Waals surface area contributed by atoms with Gasteiger partial charge in [0.1, 0.15) is 6.10 Å². The summed E-state index contributed by atoms with van der Waals surface area (Å²) in [6, 6.07) is 6.83. The second-order valence-corrected chi connectivity index (χ2v) is 6.93. The maximum Gasteiger partial charge on any atom is 0.379 e. The van der Waals surface area contributed by atoms with Crippen molar-refractivity contribution in [3.63, 3.8) is 0 Å². The van der Waals surface area contributed by atoms with E-state index in [-0.39, 0.29) is 6.10 Å². The topological polar surface area (TPSA) is 43.4 Å². The first-order valence-electron chi connectivity index (χ1n) is 8.40. The van der Waals surface area contributed by atoms with Crippen molar-refractivity contribution >= 4 is 17.8 Å². The van der Waals surface area contributed by atoms with E-state index >= 15 is 0 Å². The van der Waals surface area contributed by atoms with Gasteiger partial charge in [0.25, 0.3) is 5.78 Å². The molecule has 1 fully saturated rings. The average Bonchev–Trinajstić information content (AvgIpc) is 2.54. The molecule has 0 aliphatic heterocycles. The van der Waals surface area contributed by atoms with E-state index in [1.54, 1.807) is 30.3 Å². The van der Waals surface area contributed by atoms with E-state index < -0.39 is 11.8 Å². The minimum absolute atomic E-state index is 0.150. The molecule has 0 bridgehead atoms. The number of carbonyl (C=O) groups excluding carboxylic acids is 2. The van der Waals surface area contributed by atoms with Crippen molar-refractivity contribution in [3.8, 4) is 0 Å². The highest BCUT2D eigenvalue weighted by Crippen LogP contribution is 2.35. The molecule has 0 N–H and O–H groups in total. The highest BCUT2D eigenvalue weighted by molar-refractivity contribution is 6.40. The quantitative estimate of drug-likeness (QED) is 0.456. The van der Waals surface area contributed by atoms with Gasteiger partial charge in [-0.05, 0) is 36.2 Å². The van der Waals surface area contributed by atoms with Crippen molar-refractivity contribution in [1.29, 1.82) is 0 Å². The van der Waals surface area contributed by atoms with E-state index in [4.69, 9.17) is 4.74 Å². The molecule has 0 spiro atoms. The second kappa shape index (κ2) is 7.58. The molecule has 2 rings (SSSR count). The number of ether oxygens (including phenoxy) is 1. The van der Waals surface area contributed by atoms with E-state index in [2.05, 4.69) is 27.4 Å². The Morgan fingerprint density at radius 3 is 2.43 bits per heavy atom. The summed E-state index contributed by atoms with van der Waals surface area (Å²) in [5, 5.41) is 0. The molecule has 23 heavy (non-hydrogen) atoms.